The molecule has 5 N–H and O–H groups in total. The Kier molecular flexibility index (Phi) is 6.55. The highest BCUT2D eigenvalue weighted by Crippen LogP contribution is 2.05. The van der Waals surface area contributed by atoms with E-state index >= 15 is 0 Å². The molecule has 0 aliphatic heterocycles. The summed E-state index contributed by atoms with van der Waals surface area (Å²) in [5.41, 5.74) is 9.39. The number of carboxylic acid groups (broad SMARTS) is 1. The minimum absolute atomic E-state index is 0. The van der Waals surface area contributed by atoms with Crippen molar-refractivity contribution in [1.29, 1.82) is 0 Å². The predicted molar refractivity (Wildman–Crippen MR) is 49.8 cm³/mol. The highest BCUT2D eigenvalue weighted by atomic mass is 16.4. The second-order valence-corrected chi connectivity index (χ2v) is 2.63. The van der Waals surface area contributed by atoms with E-state index in [1.165, 1.54) is 6.92 Å². The van der Waals surface area contributed by atoms with Gasteiger partial charge in [0.05, 0.1) is 0 Å². The van der Waals surface area contributed by atoms with Crippen LogP contribution in [0, 0.1) is 0 Å². The van der Waals surface area contributed by atoms with Gasteiger partial charge < -0.3 is 16.6 Å². The van der Waals surface area contributed by atoms with Gasteiger partial charge in [-0.25, -0.2) is 0 Å². The molecule has 0 saturated heterocycles. The largest absolute Gasteiger partial charge is 0.480 e. The zero-order chi connectivity index (χ0) is 8.91. The predicted octanol–water partition coefficient (Wildman–Crippen LogP) is 0.330. The smallest absolute Gasteiger partial charge is 0.323 e. The third kappa shape index (κ3) is 4.87. The molecule has 12 heavy (non-hydrogen) atoms. The van der Waals surface area contributed by atoms with Gasteiger partial charge in [0.1, 0.15) is 5.54 Å². The summed E-state index contributed by atoms with van der Waals surface area (Å²) in [6, 6.07) is 0. The Hall–Kier alpha value is -0.870. The molecule has 0 fully saturated rings. The van der Waals surface area contributed by atoms with Gasteiger partial charge in [-0.3, -0.25) is 4.79 Å². The first-order valence-corrected chi connectivity index (χ1v) is 3.38. The minimum Gasteiger partial charge on any atom is -0.480 e. The Labute approximate surface area is 73.2 Å². The molecule has 72 valence electrons. The van der Waals surface area contributed by atoms with Gasteiger partial charge >= 0.3 is 5.97 Å². The molecule has 0 bridgehead atoms. The molecule has 0 radical (unpaired) electrons. The van der Waals surface area contributed by atoms with Crippen LogP contribution in [0.25, 0.3) is 0 Å². The van der Waals surface area contributed by atoms with E-state index in [4.69, 9.17) is 16.6 Å². The Morgan fingerprint density at radius 2 is 2.08 bits per heavy atom. The molecule has 0 aliphatic carbocycles. The van der Waals surface area contributed by atoms with E-state index < -0.39 is 11.5 Å². The average molecular weight is 174 g/mol. The molecule has 0 aromatic carbocycles. The summed E-state index contributed by atoms with van der Waals surface area (Å²) in [6.45, 7) is 1.88. The molecule has 0 unspecified atom stereocenters. The maximum Gasteiger partial charge on any atom is 0.323 e. The Morgan fingerprint density at radius 3 is 2.42 bits per heavy atom. The molecule has 0 aliphatic rings. The van der Waals surface area contributed by atoms with E-state index in [1.54, 1.807) is 12.2 Å². The van der Waals surface area contributed by atoms with Gasteiger partial charge in [0, 0.05) is 6.54 Å². The van der Waals surface area contributed by atoms with Gasteiger partial charge in [-0.2, -0.15) is 0 Å². The van der Waals surface area contributed by atoms with Crippen LogP contribution in [0.15, 0.2) is 12.2 Å². The van der Waals surface area contributed by atoms with E-state index in [0.717, 1.165) is 0 Å². The van der Waals surface area contributed by atoms with Crippen LogP contribution < -0.4 is 11.5 Å². The number of carbonyl (C=O) groups is 1. The molecule has 1 atom stereocenters. The van der Waals surface area contributed by atoms with Gasteiger partial charge in [-0.05, 0) is 13.3 Å². The van der Waals surface area contributed by atoms with Crippen molar-refractivity contribution in [1.82, 2.24) is 0 Å². The molecular formula is C8H18N2O2. The molecule has 4 heteroatoms. The third-order valence-corrected chi connectivity index (χ3v) is 1.33. The number of hydrogen-bond acceptors (Lipinski definition) is 3. The fourth-order valence-corrected chi connectivity index (χ4v) is 0.512. The Bertz CT molecular complexity index is 164. The van der Waals surface area contributed by atoms with Crippen molar-refractivity contribution >= 4 is 5.97 Å². The first kappa shape index (κ1) is 13.7. The molecule has 0 aromatic heterocycles. The van der Waals surface area contributed by atoms with Crippen LogP contribution in [0.3, 0.4) is 0 Å². The van der Waals surface area contributed by atoms with Crippen LogP contribution in [-0.4, -0.2) is 23.2 Å². The lowest BCUT2D eigenvalue weighted by molar-refractivity contribution is -0.142. The van der Waals surface area contributed by atoms with Crippen LogP contribution in [0.1, 0.15) is 20.8 Å². The average Bonchev–Trinajstić information content (AvgIpc) is 1.88. The minimum atomic E-state index is -1.17. The molecule has 0 spiro atoms. The molecule has 0 saturated carbocycles. The number of rotatable bonds is 4. The van der Waals surface area contributed by atoms with Crippen LogP contribution in [-0.2, 0) is 4.79 Å². The van der Waals surface area contributed by atoms with Crippen molar-refractivity contribution in [3.05, 3.63) is 12.2 Å². The number of aliphatic carboxylic acids is 1. The third-order valence-electron chi connectivity index (χ3n) is 1.33. The van der Waals surface area contributed by atoms with E-state index in [2.05, 4.69) is 0 Å². The summed E-state index contributed by atoms with van der Waals surface area (Å²) >= 11 is 0. The van der Waals surface area contributed by atoms with E-state index in [1.807, 2.05) is 0 Å². The zero-order valence-corrected chi connectivity index (χ0v) is 6.58. The lowest BCUT2D eigenvalue weighted by atomic mass is 10.00. The maximum atomic E-state index is 10.4. The SMILES string of the molecule is C.C[C@@](N)(C/C=C/CN)C(=O)O. The van der Waals surface area contributed by atoms with Crippen LogP contribution >= 0.6 is 0 Å². The summed E-state index contributed by atoms with van der Waals surface area (Å²) in [5.74, 6) is -1.00. The normalized spacial score (nSPS) is 15.2. The van der Waals surface area contributed by atoms with Crippen molar-refractivity contribution in [3.63, 3.8) is 0 Å². The zero-order valence-electron chi connectivity index (χ0n) is 6.58. The highest BCUT2D eigenvalue weighted by molar-refractivity contribution is 5.78. The van der Waals surface area contributed by atoms with Crippen LogP contribution in [0.5, 0.6) is 0 Å². The molecular weight excluding hydrogens is 156 g/mol. The summed E-state index contributed by atoms with van der Waals surface area (Å²) < 4.78 is 0. The number of carboxylic acids is 1. The lowest BCUT2D eigenvalue weighted by Gasteiger charge is -2.15. The fourth-order valence-electron chi connectivity index (χ4n) is 0.512. The van der Waals surface area contributed by atoms with E-state index in [-0.39, 0.29) is 7.43 Å². The van der Waals surface area contributed by atoms with Crippen molar-refractivity contribution in [2.75, 3.05) is 6.54 Å². The maximum absolute atomic E-state index is 10.4. The summed E-state index contributed by atoms with van der Waals surface area (Å²) in [4.78, 5) is 10.4. The quantitative estimate of drug-likeness (QED) is 0.536. The molecule has 0 rings (SSSR count). The summed E-state index contributed by atoms with van der Waals surface area (Å²) in [5, 5.41) is 8.55. The lowest BCUT2D eigenvalue weighted by Crippen LogP contribution is -2.44. The first-order chi connectivity index (χ1) is 5.00. The van der Waals surface area contributed by atoms with Gasteiger partial charge in [0.15, 0.2) is 0 Å². The highest BCUT2D eigenvalue weighted by Gasteiger charge is 2.25. The topological polar surface area (TPSA) is 89.3 Å². The Balaban J connectivity index is 0. The molecule has 0 heterocycles. The van der Waals surface area contributed by atoms with Crippen molar-refractivity contribution in [2.24, 2.45) is 11.5 Å². The Morgan fingerprint density at radius 1 is 1.58 bits per heavy atom. The van der Waals surface area contributed by atoms with Crippen molar-refractivity contribution in [2.45, 2.75) is 26.3 Å². The summed E-state index contributed by atoms with van der Waals surface area (Å²) in [7, 11) is 0. The second-order valence-electron chi connectivity index (χ2n) is 2.63. The van der Waals surface area contributed by atoms with Crippen molar-refractivity contribution in [3.8, 4) is 0 Å². The number of nitrogens with two attached hydrogens (primary N) is 2. The van der Waals surface area contributed by atoms with Crippen LogP contribution in [0.4, 0.5) is 0 Å². The van der Waals surface area contributed by atoms with Gasteiger partial charge in [0.2, 0.25) is 0 Å². The van der Waals surface area contributed by atoms with Gasteiger partial charge in [-0.15, -0.1) is 0 Å². The summed E-state index contributed by atoms with van der Waals surface area (Å²) in [6.07, 6.45) is 3.67. The molecule has 0 amide bonds. The van der Waals surface area contributed by atoms with Crippen LogP contribution in [0.2, 0.25) is 0 Å². The van der Waals surface area contributed by atoms with Gasteiger partial charge in [0.25, 0.3) is 0 Å². The molecule has 0 aromatic rings. The standard InChI is InChI=1S/C7H14N2O2.CH4/c1-7(9,6(10)11)4-2-3-5-8;/h2-3H,4-5,8-9H2,1H3,(H,10,11);1H4/b3-2+;/t7-;/m1./s1. The van der Waals surface area contributed by atoms with E-state index in [9.17, 15) is 4.79 Å². The fraction of sp³-hybridized carbons (Fsp3) is 0.625. The van der Waals surface area contributed by atoms with E-state index in [0.29, 0.717) is 13.0 Å². The monoisotopic (exact) mass is 174 g/mol. The van der Waals surface area contributed by atoms with Crippen molar-refractivity contribution < 1.29 is 9.90 Å². The van der Waals surface area contributed by atoms with Gasteiger partial charge in [-0.1, -0.05) is 19.6 Å². The molecule has 4 nitrogen and oxygen atoms in total. The first-order valence-electron chi connectivity index (χ1n) is 3.38. The second kappa shape index (κ2) is 5.74. The number of hydrogen-bond donors (Lipinski definition) is 3.